The van der Waals surface area contributed by atoms with E-state index in [2.05, 4.69) is 22.0 Å². The van der Waals surface area contributed by atoms with Crippen LogP contribution in [0.5, 0.6) is 0 Å². The summed E-state index contributed by atoms with van der Waals surface area (Å²) in [5, 5.41) is 8.98. The third kappa shape index (κ3) is 3.52. The second-order valence-electron chi connectivity index (χ2n) is 5.86. The highest BCUT2D eigenvalue weighted by atomic mass is 16.4. The van der Waals surface area contributed by atoms with Crippen LogP contribution >= 0.6 is 0 Å². The largest absolute Gasteiger partial charge is 0.478 e. The topological polar surface area (TPSA) is 53.4 Å². The minimum absolute atomic E-state index is 0.355. The maximum atomic E-state index is 10.9. The Bertz CT molecular complexity index is 625. The van der Waals surface area contributed by atoms with Gasteiger partial charge in [0.05, 0.1) is 5.56 Å². The predicted molar refractivity (Wildman–Crippen MR) is 84.9 cm³/mol. The first-order valence-electron chi connectivity index (χ1n) is 7.67. The van der Waals surface area contributed by atoms with E-state index in [1.54, 1.807) is 12.1 Å². The van der Waals surface area contributed by atoms with Gasteiger partial charge in [-0.1, -0.05) is 12.1 Å². The number of piperidine rings is 1. The van der Waals surface area contributed by atoms with Gasteiger partial charge in [-0.25, -0.2) is 4.79 Å². The summed E-state index contributed by atoms with van der Waals surface area (Å²) >= 11 is 0. The Labute approximate surface area is 130 Å². The maximum absolute atomic E-state index is 10.9. The molecule has 1 atom stereocenters. The summed E-state index contributed by atoms with van der Waals surface area (Å²) in [6, 6.07) is 11.5. The normalized spacial score (nSPS) is 19.0. The first-order chi connectivity index (χ1) is 10.7. The Hall–Kier alpha value is -2.20. The van der Waals surface area contributed by atoms with Gasteiger partial charge in [0.2, 0.25) is 0 Å². The fraction of sp³-hybridized carbons (Fsp3) is 0.333. The maximum Gasteiger partial charge on any atom is 0.335 e. The molecule has 0 aliphatic carbocycles. The Balaban J connectivity index is 1.66. The summed E-state index contributed by atoms with van der Waals surface area (Å²) in [6.45, 7) is 3.09. The fourth-order valence-electron chi connectivity index (χ4n) is 3.12. The summed E-state index contributed by atoms with van der Waals surface area (Å²) in [4.78, 5) is 17.5. The number of hydrogen-bond acceptors (Lipinski definition) is 3. The molecule has 0 saturated carbocycles. The van der Waals surface area contributed by atoms with Crippen LogP contribution < -0.4 is 0 Å². The highest BCUT2D eigenvalue weighted by Gasteiger charge is 2.21. The molecule has 0 unspecified atom stereocenters. The summed E-state index contributed by atoms with van der Waals surface area (Å²) in [5.74, 6) is -0.382. The quantitative estimate of drug-likeness (QED) is 0.941. The summed E-state index contributed by atoms with van der Waals surface area (Å²) in [5.41, 5.74) is 2.88. The standard InChI is InChI=1S/C18H20N2O2/c21-18(22)16-5-3-15(4-6-16)17-2-1-11-20(13-17)12-14-7-9-19-10-8-14/h3-10,17H,1-2,11-13H2,(H,21,22)/t17-/m1/s1. The van der Waals surface area contributed by atoms with Crippen molar-refractivity contribution in [2.45, 2.75) is 25.3 Å². The lowest BCUT2D eigenvalue weighted by Gasteiger charge is -2.33. The Morgan fingerprint density at radius 1 is 1.18 bits per heavy atom. The Morgan fingerprint density at radius 2 is 1.91 bits per heavy atom. The molecule has 3 rings (SSSR count). The number of pyridine rings is 1. The average molecular weight is 296 g/mol. The molecule has 1 saturated heterocycles. The van der Waals surface area contributed by atoms with Crippen molar-refractivity contribution >= 4 is 5.97 Å². The van der Waals surface area contributed by atoms with Crippen molar-refractivity contribution in [1.29, 1.82) is 0 Å². The second kappa shape index (κ2) is 6.71. The van der Waals surface area contributed by atoms with E-state index < -0.39 is 5.97 Å². The molecular formula is C18H20N2O2. The molecule has 1 aromatic heterocycles. The van der Waals surface area contributed by atoms with Crippen molar-refractivity contribution in [2.24, 2.45) is 0 Å². The lowest BCUT2D eigenvalue weighted by Crippen LogP contribution is -2.33. The van der Waals surface area contributed by atoms with Gasteiger partial charge in [-0.05, 0) is 60.7 Å². The zero-order chi connectivity index (χ0) is 15.4. The number of rotatable bonds is 4. The molecule has 1 N–H and O–H groups in total. The fourth-order valence-corrected chi connectivity index (χ4v) is 3.12. The number of carbonyl (C=O) groups is 1. The van der Waals surface area contributed by atoms with Crippen molar-refractivity contribution in [3.63, 3.8) is 0 Å². The van der Waals surface area contributed by atoms with Crippen molar-refractivity contribution in [1.82, 2.24) is 9.88 Å². The van der Waals surface area contributed by atoms with Gasteiger partial charge in [-0.2, -0.15) is 0 Å². The Kier molecular flexibility index (Phi) is 4.49. The van der Waals surface area contributed by atoms with Crippen molar-refractivity contribution in [2.75, 3.05) is 13.1 Å². The van der Waals surface area contributed by atoms with Crippen LogP contribution in [0.4, 0.5) is 0 Å². The molecule has 1 fully saturated rings. The van der Waals surface area contributed by atoms with Crippen LogP contribution in [-0.4, -0.2) is 34.0 Å². The minimum Gasteiger partial charge on any atom is -0.478 e. The monoisotopic (exact) mass is 296 g/mol. The number of nitrogens with zero attached hydrogens (tertiary/aromatic N) is 2. The zero-order valence-electron chi connectivity index (χ0n) is 12.5. The molecule has 1 aliphatic rings. The molecule has 0 amide bonds. The van der Waals surface area contributed by atoms with Gasteiger partial charge < -0.3 is 5.11 Å². The molecule has 0 bridgehead atoms. The SMILES string of the molecule is O=C(O)c1ccc([C@@H]2CCCN(Cc3ccncc3)C2)cc1. The Morgan fingerprint density at radius 3 is 2.59 bits per heavy atom. The molecule has 4 heteroatoms. The molecule has 0 spiro atoms. The van der Waals surface area contributed by atoms with Crippen LogP contribution in [0, 0.1) is 0 Å². The van der Waals surface area contributed by atoms with E-state index in [1.807, 2.05) is 24.5 Å². The van der Waals surface area contributed by atoms with E-state index >= 15 is 0 Å². The molecular weight excluding hydrogens is 276 g/mol. The van der Waals surface area contributed by atoms with Gasteiger partial charge in [0, 0.05) is 25.5 Å². The molecule has 114 valence electrons. The van der Waals surface area contributed by atoms with Gasteiger partial charge in [-0.15, -0.1) is 0 Å². The molecule has 1 aliphatic heterocycles. The van der Waals surface area contributed by atoms with Gasteiger partial charge in [0.1, 0.15) is 0 Å². The summed E-state index contributed by atoms with van der Waals surface area (Å²) in [6.07, 6.45) is 6.01. The van der Waals surface area contributed by atoms with Gasteiger partial charge in [0.25, 0.3) is 0 Å². The van der Waals surface area contributed by atoms with Crippen molar-refractivity contribution in [3.05, 3.63) is 65.5 Å². The summed E-state index contributed by atoms with van der Waals surface area (Å²) < 4.78 is 0. The number of benzene rings is 1. The van der Waals surface area contributed by atoms with Gasteiger partial charge >= 0.3 is 5.97 Å². The molecule has 4 nitrogen and oxygen atoms in total. The molecule has 2 heterocycles. The smallest absolute Gasteiger partial charge is 0.335 e. The zero-order valence-corrected chi connectivity index (χ0v) is 12.5. The molecule has 0 radical (unpaired) electrons. The van der Waals surface area contributed by atoms with Crippen LogP contribution in [0.3, 0.4) is 0 Å². The first-order valence-corrected chi connectivity index (χ1v) is 7.67. The number of likely N-dealkylation sites (tertiary alicyclic amines) is 1. The lowest BCUT2D eigenvalue weighted by molar-refractivity contribution is 0.0697. The average Bonchev–Trinajstić information content (AvgIpc) is 2.56. The van der Waals surface area contributed by atoms with E-state index in [-0.39, 0.29) is 0 Å². The van der Waals surface area contributed by atoms with Crippen LogP contribution in [0.15, 0.2) is 48.8 Å². The highest BCUT2D eigenvalue weighted by molar-refractivity contribution is 5.87. The van der Waals surface area contributed by atoms with Gasteiger partial charge in [-0.3, -0.25) is 9.88 Å². The van der Waals surface area contributed by atoms with Crippen molar-refractivity contribution in [3.8, 4) is 0 Å². The van der Waals surface area contributed by atoms with Crippen LogP contribution in [0.1, 0.15) is 40.2 Å². The summed E-state index contributed by atoms with van der Waals surface area (Å²) in [7, 11) is 0. The molecule has 2 aromatic rings. The van der Waals surface area contributed by atoms with E-state index in [0.29, 0.717) is 11.5 Å². The van der Waals surface area contributed by atoms with E-state index in [0.717, 1.165) is 19.6 Å². The number of carboxylic acid groups (broad SMARTS) is 1. The first kappa shape index (κ1) is 14.7. The van der Waals surface area contributed by atoms with Crippen LogP contribution in [-0.2, 0) is 6.54 Å². The van der Waals surface area contributed by atoms with E-state index in [9.17, 15) is 4.79 Å². The van der Waals surface area contributed by atoms with Crippen LogP contribution in [0.25, 0.3) is 0 Å². The number of carboxylic acids is 1. The highest BCUT2D eigenvalue weighted by Crippen LogP contribution is 2.27. The second-order valence-corrected chi connectivity index (χ2v) is 5.86. The molecule has 1 aromatic carbocycles. The van der Waals surface area contributed by atoms with Crippen LogP contribution in [0.2, 0.25) is 0 Å². The van der Waals surface area contributed by atoms with E-state index in [1.165, 1.54) is 24.0 Å². The van der Waals surface area contributed by atoms with Crippen molar-refractivity contribution < 1.29 is 9.90 Å². The lowest BCUT2D eigenvalue weighted by atomic mass is 9.90. The third-order valence-electron chi connectivity index (χ3n) is 4.29. The van der Waals surface area contributed by atoms with Gasteiger partial charge in [0.15, 0.2) is 0 Å². The predicted octanol–water partition coefficient (Wildman–Crippen LogP) is 3.16. The number of aromatic nitrogens is 1. The van der Waals surface area contributed by atoms with E-state index in [4.69, 9.17) is 5.11 Å². The number of hydrogen-bond donors (Lipinski definition) is 1. The number of aromatic carboxylic acids is 1. The minimum atomic E-state index is -0.866. The molecule has 22 heavy (non-hydrogen) atoms. The third-order valence-corrected chi connectivity index (χ3v) is 4.29.